The molecule has 0 bridgehead atoms. The second kappa shape index (κ2) is 9.47. The summed E-state index contributed by atoms with van der Waals surface area (Å²) in [6.07, 6.45) is -1.23. The molecule has 1 N–H and O–H groups in total. The van der Waals surface area contributed by atoms with Crippen LogP contribution in [0.3, 0.4) is 0 Å². The number of fused-ring (bicyclic) bond motifs is 2. The lowest BCUT2D eigenvalue weighted by atomic mass is 9.88. The second-order valence-electron chi connectivity index (χ2n) is 8.85. The predicted molar refractivity (Wildman–Crippen MR) is 133 cm³/mol. The molecule has 1 aromatic heterocycles. The van der Waals surface area contributed by atoms with Crippen LogP contribution >= 0.6 is 11.6 Å². The number of amides is 1. The van der Waals surface area contributed by atoms with Gasteiger partial charge < -0.3 is 9.73 Å². The summed E-state index contributed by atoms with van der Waals surface area (Å²) in [6, 6.07) is 16.1. The Hall–Kier alpha value is -3.58. The average Bonchev–Trinajstić information content (AvgIpc) is 2.84. The molecule has 4 nitrogen and oxygen atoms in total. The van der Waals surface area contributed by atoms with Crippen molar-refractivity contribution >= 4 is 34.2 Å². The molecule has 0 spiro atoms. The molecule has 4 aromatic rings. The molecule has 0 fully saturated rings. The molecule has 0 saturated heterocycles. The van der Waals surface area contributed by atoms with Gasteiger partial charge in [-0.25, -0.2) is 4.79 Å². The number of alkyl halides is 3. The first-order valence-electron chi connectivity index (χ1n) is 11.5. The van der Waals surface area contributed by atoms with Crippen molar-refractivity contribution < 1.29 is 22.4 Å². The monoisotopic (exact) mass is 511 g/mol. The molecule has 0 atom stereocenters. The quantitative estimate of drug-likeness (QED) is 0.295. The van der Waals surface area contributed by atoms with Crippen LogP contribution in [0.1, 0.15) is 35.1 Å². The second-order valence-corrected chi connectivity index (χ2v) is 9.28. The van der Waals surface area contributed by atoms with Gasteiger partial charge in [-0.3, -0.25) is 4.79 Å². The first-order valence-corrected chi connectivity index (χ1v) is 11.9. The van der Waals surface area contributed by atoms with Gasteiger partial charge in [-0.05, 0) is 72.7 Å². The van der Waals surface area contributed by atoms with Crippen LogP contribution in [0, 0.1) is 0 Å². The molecule has 0 saturated carbocycles. The van der Waals surface area contributed by atoms with Crippen molar-refractivity contribution in [1.29, 1.82) is 0 Å². The van der Waals surface area contributed by atoms with Gasteiger partial charge in [0, 0.05) is 16.0 Å². The number of aryl methyl sites for hydroxylation is 2. The van der Waals surface area contributed by atoms with E-state index < -0.39 is 35.4 Å². The van der Waals surface area contributed by atoms with Gasteiger partial charge in [-0.2, -0.15) is 13.2 Å². The lowest BCUT2D eigenvalue weighted by Gasteiger charge is -2.19. The number of hydrogen-bond donors (Lipinski definition) is 1. The third-order valence-electron chi connectivity index (χ3n) is 6.43. The van der Waals surface area contributed by atoms with Crippen LogP contribution in [0.25, 0.3) is 22.1 Å². The Kier molecular flexibility index (Phi) is 6.35. The number of anilines is 1. The molecular weight excluding hydrogens is 491 g/mol. The van der Waals surface area contributed by atoms with Crippen molar-refractivity contribution in [2.45, 2.75) is 38.3 Å². The zero-order chi connectivity index (χ0) is 25.4. The van der Waals surface area contributed by atoms with Crippen LogP contribution in [-0.4, -0.2) is 5.91 Å². The Morgan fingerprint density at radius 3 is 2.36 bits per heavy atom. The van der Waals surface area contributed by atoms with Crippen LogP contribution in [0.2, 0.25) is 5.02 Å². The smallest absolute Gasteiger partial charge is 0.418 e. The fourth-order valence-electron chi connectivity index (χ4n) is 4.78. The average molecular weight is 512 g/mol. The SMILES string of the molecule is O=C(Cc1c(-c2ccccc2)c2cc3c(cc2oc1=O)CCCC3)Nc1ccc(Cl)cc1C(F)(F)F. The molecule has 0 unspecified atom stereocenters. The molecule has 8 heteroatoms. The van der Waals surface area contributed by atoms with E-state index in [1.165, 1.54) is 11.6 Å². The van der Waals surface area contributed by atoms with Gasteiger partial charge in [0.2, 0.25) is 5.91 Å². The highest BCUT2D eigenvalue weighted by Gasteiger charge is 2.34. The molecule has 36 heavy (non-hydrogen) atoms. The van der Waals surface area contributed by atoms with Gasteiger partial charge >= 0.3 is 11.8 Å². The first kappa shape index (κ1) is 24.1. The van der Waals surface area contributed by atoms with E-state index in [0.717, 1.165) is 48.9 Å². The predicted octanol–water partition coefficient (Wildman–Crippen LogP) is 7.19. The maximum atomic E-state index is 13.5. The van der Waals surface area contributed by atoms with Crippen LogP contribution in [0.4, 0.5) is 18.9 Å². The first-order chi connectivity index (χ1) is 17.2. The fourth-order valence-corrected chi connectivity index (χ4v) is 4.95. The van der Waals surface area contributed by atoms with E-state index >= 15 is 0 Å². The number of carbonyl (C=O) groups excluding carboxylic acids is 1. The molecule has 1 heterocycles. The number of nitrogens with one attached hydrogen (secondary N) is 1. The van der Waals surface area contributed by atoms with E-state index in [1.54, 1.807) is 0 Å². The third kappa shape index (κ3) is 4.75. The summed E-state index contributed by atoms with van der Waals surface area (Å²) >= 11 is 5.74. The maximum absolute atomic E-state index is 13.5. The van der Waals surface area contributed by atoms with Gasteiger partial charge in [0.25, 0.3) is 0 Å². The van der Waals surface area contributed by atoms with Gasteiger partial charge in [-0.1, -0.05) is 41.9 Å². The highest BCUT2D eigenvalue weighted by Crippen LogP contribution is 2.37. The largest absolute Gasteiger partial charge is 0.422 e. The minimum Gasteiger partial charge on any atom is -0.422 e. The Morgan fingerprint density at radius 1 is 0.972 bits per heavy atom. The van der Waals surface area contributed by atoms with E-state index in [-0.39, 0.29) is 10.6 Å². The molecule has 0 aliphatic heterocycles. The van der Waals surface area contributed by atoms with E-state index in [9.17, 15) is 22.8 Å². The zero-order valence-electron chi connectivity index (χ0n) is 19.0. The number of halogens is 4. The number of carbonyl (C=O) groups is 1. The van der Waals surface area contributed by atoms with E-state index in [0.29, 0.717) is 16.5 Å². The Balaban J connectivity index is 1.60. The topological polar surface area (TPSA) is 59.3 Å². The van der Waals surface area contributed by atoms with E-state index in [4.69, 9.17) is 16.0 Å². The van der Waals surface area contributed by atoms with Gasteiger partial charge in [-0.15, -0.1) is 0 Å². The summed E-state index contributed by atoms with van der Waals surface area (Å²) < 4.78 is 46.1. The Morgan fingerprint density at radius 2 is 1.67 bits per heavy atom. The number of hydrogen-bond acceptors (Lipinski definition) is 3. The minimum absolute atomic E-state index is 0.0875. The summed E-state index contributed by atoms with van der Waals surface area (Å²) in [5.74, 6) is -0.774. The minimum atomic E-state index is -4.72. The van der Waals surface area contributed by atoms with Crippen molar-refractivity contribution in [3.05, 3.63) is 98.4 Å². The maximum Gasteiger partial charge on any atom is 0.418 e. The fraction of sp³-hybridized carbons (Fsp3) is 0.214. The zero-order valence-corrected chi connectivity index (χ0v) is 19.8. The number of benzene rings is 3. The normalized spacial score (nSPS) is 13.4. The van der Waals surface area contributed by atoms with Crippen LogP contribution < -0.4 is 10.9 Å². The Bertz CT molecular complexity index is 1530. The van der Waals surface area contributed by atoms with Gasteiger partial charge in [0.05, 0.1) is 23.2 Å². The van der Waals surface area contributed by atoms with Crippen LogP contribution in [0.15, 0.2) is 69.9 Å². The van der Waals surface area contributed by atoms with Crippen molar-refractivity contribution in [2.24, 2.45) is 0 Å². The molecule has 5 rings (SSSR count). The highest BCUT2D eigenvalue weighted by atomic mass is 35.5. The van der Waals surface area contributed by atoms with Crippen molar-refractivity contribution in [3.63, 3.8) is 0 Å². The standard InChI is InChI=1S/C28H21ClF3NO3/c29-19-10-11-23(22(14-19)28(30,31)32)33-25(34)15-21-26(16-6-2-1-3-7-16)20-12-17-8-4-5-9-18(17)13-24(20)36-27(21)35/h1-3,6-7,10-14H,4-5,8-9,15H2,(H,33,34). The van der Waals surface area contributed by atoms with Crippen molar-refractivity contribution in [2.75, 3.05) is 5.32 Å². The van der Waals surface area contributed by atoms with Crippen LogP contribution in [-0.2, 0) is 30.2 Å². The van der Waals surface area contributed by atoms with Crippen LogP contribution in [0.5, 0.6) is 0 Å². The summed E-state index contributed by atoms with van der Waals surface area (Å²) in [7, 11) is 0. The van der Waals surface area contributed by atoms with E-state index in [1.807, 2.05) is 42.5 Å². The molecule has 3 aromatic carbocycles. The Labute approximate surface area is 209 Å². The molecule has 1 aliphatic rings. The van der Waals surface area contributed by atoms with Gasteiger partial charge in [0.15, 0.2) is 0 Å². The summed E-state index contributed by atoms with van der Waals surface area (Å²) in [5, 5.41) is 2.89. The molecular formula is C28H21ClF3NO3. The lowest BCUT2D eigenvalue weighted by Crippen LogP contribution is -2.22. The highest BCUT2D eigenvalue weighted by molar-refractivity contribution is 6.30. The van der Waals surface area contributed by atoms with Crippen molar-refractivity contribution in [3.8, 4) is 11.1 Å². The van der Waals surface area contributed by atoms with E-state index in [2.05, 4.69) is 5.32 Å². The molecule has 1 amide bonds. The molecule has 1 aliphatic carbocycles. The van der Waals surface area contributed by atoms with Gasteiger partial charge in [0.1, 0.15) is 5.58 Å². The lowest BCUT2D eigenvalue weighted by molar-refractivity contribution is -0.137. The van der Waals surface area contributed by atoms with Crippen molar-refractivity contribution in [1.82, 2.24) is 0 Å². The third-order valence-corrected chi connectivity index (χ3v) is 6.66. The summed E-state index contributed by atoms with van der Waals surface area (Å²) in [5.41, 5.74) is 1.91. The number of rotatable bonds is 4. The summed E-state index contributed by atoms with van der Waals surface area (Å²) in [4.78, 5) is 26.1. The molecule has 184 valence electrons. The summed E-state index contributed by atoms with van der Waals surface area (Å²) in [6.45, 7) is 0. The molecule has 0 radical (unpaired) electrons.